The molecule has 0 spiro atoms. The highest BCUT2D eigenvalue weighted by atomic mass is 19.3. The number of ether oxygens (including phenoxy) is 4. The fourth-order valence-corrected chi connectivity index (χ4v) is 4.98. The number of fused-ring (bicyclic) bond motifs is 1. The molecule has 36 heavy (non-hydrogen) atoms. The Kier molecular flexibility index (Phi) is 7.09. The summed E-state index contributed by atoms with van der Waals surface area (Å²) in [5.41, 5.74) is 6.53. The molecule has 5 rings (SSSR count). The maximum atomic E-state index is 12.1. The summed E-state index contributed by atoms with van der Waals surface area (Å²) in [6.45, 7) is 6.32. The van der Waals surface area contributed by atoms with Crippen molar-refractivity contribution in [1.29, 1.82) is 0 Å². The Morgan fingerprint density at radius 3 is 2.61 bits per heavy atom. The number of hydrogen-bond acceptors (Lipinski definition) is 6. The van der Waals surface area contributed by atoms with E-state index in [1.165, 1.54) is 5.56 Å². The van der Waals surface area contributed by atoms with Gasteiger partial charge in [-0.15, -0.1) is 0 Å². The van der Waals surface area contributed by atoms with E-state index in [2.05, 4.69) is 43.1 Å². The second-order valence-electron chi connectivity index (χ2n) is 9.39. The average Bonchev–Trinajstić information content (AvgIpc) is 3.52. The Bertz CT molecular complexity index is 1230. The molecule has 2 aliphatic rings. The highest BCUT2D eigenvalue weighted by molar-refractivity contribution is 5.72. The molecule has 2 atom stereocenters. The van der Waals surface area contributed by atoms with Crippen molar-refractivity contribution in [2.75, 3.05) is 19.8 Å². The van der Waals surface area contributed by atoms with E-state index in [0.29, 0.717) is 31.3 Å². The molecular weight excluding hydrogens is 463 g/mol. The summed E-state index contributed by atoms with van der Waals surface area (Å²) in [6.07, 6.45) is 0.988. The van der Waals surface area contributed by atoms with E-state index in [0.717, 1.165) is 46.6 Å². The van der Waals surface area contributed by atoms with Crippen molar-refractivity contribution in [3.8, 4) is 28.4 Å². The minimum Gasteiger partial charge on any atom is -0.492 e. The SMILES string of the molecule is Cc1cc(OC2CCOC2)cc(C)c1-c1cccc(COc2ccc3c(c2)OCC3CC(=O)OF)c1. The molecule has 0 radical (unpaired) electrons. The van der Waals surface area contributed by atoms with Crippen LogP contribution in [0, 0.1) is 13.8 Å². The van der Waals surface area contributed by atoms with E-state index in [1.54, 1.807) is 0 Å². The predicted octanol–water partition coefficient (Wildman–Crippen LogP) is 6.01. The molecule has 7 heteroatoms. The quantitative estimate of drug-likeness (QED) is 0.384. The number of rotatable bonds is 8. The van der Waals surface area contributed by atoms with Gasteiger partial charge in [0.2, 0.25) is 0 Å². The Hall–Kier alpha value is -3.58. The van der Waals surface area contributed by atoms with Gasteiger partial charge >= 0.3 is 5.97 Å². The fourth-order valence-electron chi connectivity index (χ4n) is 4.98. The topological polar surface area (TPSA) is 63.2 Å². The standard InChI is InChI=1S/C29H29FO6/c1-18-10-25(35-24-8-9-32-17-24)11-19(2)29(18)21-5-3-4-20(12-21)15-33-23-6-7-26-22(13-28(31)36-30)16-34-27(26)14-23/h3-7,10-12,14,22,24H,8-9,13,15-17H2,1-2H3. The first kappa shape index (κ1) is 24.1. The van der Waals surface area contributed by atoms with Gasteiger partial charge in [0.25, 0.3) is 0 Å². The van der Waals surface area contributed by atoms with Gasteiger partial charge in [0.15, 0.2) is 0 Å². The van der Waals surface area contributed by atoms with E-state index in [1.807, 2.05) is 30.3 Å². The van der Waals surface area contributed by atoms with Crippen LogP contribution in [-0.4, -0.2) is 31.9 Å². The van der Waals surface area contributed by atoms with Crippen molar-refractivity contribution in [3.05, 3.63) is 76.9 Å². The monoisotopic (exact) mass is 492 g/mol. The van der Waals surface area contributed by atoms with Crippen LogP contribution in [0.5, 0.6) is 17.2 Å². The van der Waals surface area contributed by atoms with Crippen LogP contribution in [0.15, 0.2) is 54.6 Å². The fraction of sp³-hybridized carbons (Fsp3) is 0.345. The maximum absolute atomic E-state index is 12.1. The molecule has 3 aromatic carbocycles. The molecule has 1 saturated heterocycles. The third-order valence-corrected chi connectivity index (χ3v) is 6.68. The van der Waals surface area contributed by atoms with Crippen molar-refractivity contribution >= 4 is 5.97 Å². The van der Waals surface area contributed by atoms with Gasteiger partial charge in [-0.05, 0) is 65.9 Å². The molecule has 2 aliphatic heterocycles. The number of carbonyl (C=O) groups is 1. The van der Waals surface area contributed by atoms with Crippen LogP contribution >= 0.6 is 0 Å². The van der Waals surface area contributed by atoms with E-state index in [9.17, 15) is 9.32 Å². The van der Waals surface area contributed by atoms with Crippen LogP contribution in [-0.2, 0) is 21.1 Å². The molecule has 2 heterocycles. The molecular formula is C29H29FO6. The normalized spacial score (nSPS) is 18.4. The zero-order valence-electron chi connectivity index (χ0n) is 20.4. The lowest BCUT2D eigenvalue weighted by molar-refractivity contribution is -0.184. The van der Waals surface area contributed by atoms with Crippen LogP contribution < -0.4 is 14.2 Å². The second-order valence-corrected chi connectivity index (χ2v) is 9.39. The summed E-state index contributed by atoms with van der Waals surface area (Å²) in [5, 5.41) is 0. The summed E-state index contributed by atoms with van der Waals surface area (Å²) in [6, 6.07) is 18.0. The Labute approximate surface area is 209 Å². The number of hydrogen-bond donors (Lipinski definition) is 0. The summed E-state index contributed by atoms with van der Waals surface area (Å²) in [5.74, 6) is 1.08. The lowest BCUT2D eigenvalue weighted by atomic mass is 9.94. The van der Waals surface area contributed by atoms with E-state index in [4.69, 9.17) is 18.9 Å². The maximum Gasteiger partial charge on any atom is 0.349 e. The summed E-state index contributed by atoms with van der Waals surface area (Å²) < 4.78 is 35.3. The third-order valence-electron chi connectivity index (χ3n) is 6.68. The first-order valence-electron chi connectivity index (χ1n) is 12.2. The predicted molar refractivity (Wildman–Crippen MR) is 132 cm³/mol. The highest BCUT2D eigenvalue weighted by Gasteiger charge is 2.28. The summed E-state index contributed by atoms with van der Waals surface area (Å²) in [7, 11) is 0. The summed E-state index contributed by atoms with van der Waals surface area (Å²) in [4.78, 5) is 14.6. The number of benzene rings is 3. The molecule has 0 saturated carbocycles. The number of halogens is 1. The van der Waals surface area contributed by atoms with Crippen LogP contribution in [0.1, 0.15) is 41.0 Å². The molecule has 0 N–H and O–H groups in total. The number of aryl methyl sites for hydroxylation is 2. The van der Waals surface area contributed by atoms with E-state index < -0.39 is 5.97 Å². The molecule has 0 bridgehead atoms. The van der Waals surface area contributed by atoms with Crippen LogP contribution in [0.3, 0.4) is 0 Å². The first-order valence-corrected chi connectivity index (χ1v) is 12.2. The minimum absolute atomic E-state index is 0.0581. The van der Waals surface area contributed by atoms with Crippen molar-refractivity contribution in [2.24, 2.45) is 0 Å². The third kappa shape index (κ3) is 5.31. The smallest absolute Gasteiger partial charge is 0.349 e. The minimum atomic E-state index is -0.896. The Morgan fingerprint density at radius 1 is 1.03 bits per heavy atom. The van der Waals surface area contributed by atoms with Crippen molar-refractivity contribution < 1.29 is 33.2 Å². The molecule has 0 aliphatic carbocycles. The number of carbonyl (C=O) groups excluding carboxylic acids is 1. The van der Waals surface area contributed by atoms with Gasteiger partial charge in [0, 0.05) is 28.5 Å². The lowest BCUT2D eigenvalue weighted by Gasteiger charge is -2.17. The summed E-state index contributed by atoms with van der Waals surface area (Å²) >= 11 is 0. The van der Waals surface area contributed by atoms with Crippen LogP contribution in [0.4, 0.5) is 4.53 Å². The van der Waals surface area contributed by atoms with Gasteiger partial charge in [-0.2, -0.15) is 0 Å². The molecule has 1 fully saturated rings. The second kappa shape index (κ2) is 10.6. The zero-order valence-corrected chi connectivity index (χ0v) is 20.4. The van der Waals surface area contributed by atoms with Gasteiger partial charge in [-0.25, -0.2) is 4.79 Å². The molecule has 0 aromatic heterocycles. The van der Waals surface area contributed by atoms with Gasteiger partial charge in [-0.1, -0.05) is 24.3 Å². The van der Waals surface area contributed by atoms with Crippen molar-refractivity contribution in [1.82, 2.24) is 0 Å². The van der Waals surface area contributed by atoms with Crippen molar-refractivity contribution in [2.45, 2.75) is 45.3 Å². The molecule has 6 nitrogen and oxygen atoms in total. The lowest BCUT2D eigenvalue weighted by Crippen LogP contribution is -2.15. The first-order chi connectivity index (χ1) is 17.5. The zero-order chi connectivity index (χ0) is 25.1. The largest absolute Gasteiger partial charge is 0.492 e. The Balaban J connectivity index is 1.27. The molecule has 0 amide bonds. The molecule has 2 unspecified atom stereocenters. The highest BCUT2D eigenvalue weighted by Crippen LogP contribution is 2.39. The van der Waals surface area contributed by atoms with E-state index in [-0.39, 0.29) is 18.4 Å². The Morgan fingerprint density at radius 2 is 1.86 bits per heavy atom. The average molecular weight is 493 g/mol. The van der Waals surface area contributed by atoms with Crippen LogP contribution in [0.2, 0.25) is 0 Å². The van der Waals surface area contributed by atoms with Gasteiger partial charge in [0.05, 0.1) is 26.2 Å². The van der Waals surface area contributed by atoms with Gasteiger partial charge < -0.3 is 18.9 Å². The van der Waals surface area contributed by atoms with Gasteiger partial charge in [0.1, 0.15) is 30.0 Å². The van der Waals surface area contributed by atoms with Crippen molar-refractivity contribution in [3.63, 3.8) is 0 Å². The van der Waals surface area contributed by atoms with Crippen LogP contribution in [0.25, 0.3) is 11.1 Å². The molecule has 188 valence electrons. The molecule has 3 aromatic rings. The van der Waals surface area contributed by atoms with Gasteiger partial charge in [-0.3, -0.25) is 4.94 Å². The van der Waals surface area contributed by atoms with E-state index >= 15 is 0 Å².